The van der Waals surface area contributed by atoms with Gasteiger partial charge in [-0.05, 0) is 18.6 Å². The maximum atomic E-state index is 5.93. The van der Waals surface area contributed by atoms with Crippen LogP contribution in [-0.2, 0) is 0 Å². The number of para-hydroxylation sites is 1. The number of rotatable bonds is 12. The van der Waals surface area contributed by atoms with E-state index in [0.717, 1.165) is 29.7 Å². The summed E-state index contributed by atoms with van der Waals surface area (Å²) in [6.07, 6.45) is 15.4. The third-order valence-corrected chi connectivity index (χ3v) is 4.35. The lowest BCUT2D eigenvalue weighted by atomic mass is 10.1. The van der Waals surface area contributed by atoms with Crippen molar-refractivity contribution in [3.05, 3.63) is 36.5 Å². The first-order valence-electron chi connectivity index (χ1n) is 9.38. The number of fused-ring (bicyclic) bond motifs is 1. The lowest BCUT2D eigenvalue weighted by Crippen LogP contribution is -1.98. The zero-order valence-corrected chi connectivity index (χ0v) is 14.6. The van der Waals surface area contributed by atoms with Crippen LogP contribution in [-0.4, -0.2) is 11.6 Å². The SMILES string of the molecule is CCCCCCCCCCCCOc1cccc2cccnc12. The van der Waals surface area contributed by atoms with Gasteiger partial charge in [0.05, 0.1) is 6.61 Å². The van der Waals surface area contributed by atoms with Crippen molar-refractivity contribution < 1.29 is 4.74 Å². The Hall–Kier alpha value is -1.57. The first kappa shape index (κ1) is 17.8. The summed E-state index contributed by atoms with van der Waals surface area (Å²) in [5.41, 5.74) is 0.974. The normalized spacial score (nSPS) is 11.0. The number of hydrogen-bond acceptors (Lipinski definition) is 2. The average Bonchev–Trinajstić information content (AvgIpc) is 2.60. The van der Waals surface area contributed by atoms with E-state index in [4.69, 9.17) is 4.74 Å². The molecule has 2 heteroatoms. The fourth-order valence-electron chi connectivity index (χ4n) is 2.96. The molecule has 0 aliphatic rings. The summed E-state index contributed by atoms with van der Waals surface area (Å²) in [5.74, 6) is 0.916. The van der Waals surface area contributed by atoms with E-state index in [9.17, 15) is 0 Å². The second-order valence-corrected chi connectivity index (χ2v) is 6.36. The van der Waals surface area contributed by atoms with Crippen molar-refractivity contribution in [2.75, 3.05) is 6.61 Å². The topological polar surface area (TPSA) is 22.1 Å². The Labute approximate surface area is 141 Å². The largest absolute Gasteiger partial charge is 0.491 e. The molecular formula is C21H31NO. The van der Waals surface area contributed by atoms with Crippen molar-refractivity contribution in [3.8, 4) is 5.75 Å². The molecule has 0 unspecified atom stereocenters. The van der Waals surface area contributed by atoms with Crippen molar-refractivity contribution in [1.82, 2.24) is 4.98 Å². The van der Waals surface area contributed by atoms with Crippen LogP contribution in [0.2, 0.25) is 0 Å². The number of unbranched alkanes of at least 4 members (excludes halogenated alkanes) is 9. The molecule has 126 valence electrons. The standard InChI is InChI=1S/C21H31NO/c1-2-3-4-5-6-7-8-9-10-11-18-23-20-16-12-14-19-15-13-17-22-21(19)20/h12-17H,2-11,18H2,1H3. The van der Waals surface area contributed by atoms with Crippen molar-refractivity contribution >= 4 is 10.9 Å². The second-order valence-electron chi connectivity index (χ2n) is 6.36. The van der Waals surface area contributed by atoms with Crippen LogP contribution in [0.3, 0.4) is 0 Å². The molecule has 0 radical (unpaired) electrons. The second kappa shape index (κ2) is 11.0. The van der Waals surface area contributed by atoms with E-state index in [2.05, 4.69) is 24.0 Å². The number of nitrogens with zero attached hydrogens (tertiary/aromatic N) is 1. The molecule has 1 aromatic carbocycles. The fraction of sp³-hybridized carbons (Fsp3) is 0.571. The Balaban J connectivity index is 1.54. The summed E-state index contributed by atoms with van der Waals surface area (Å²) in [7, 11) is 0. The van der Waals surface area contributed by atoms with E-state index in [0.29, 0.717) is 0 Å². The van der Waals surface area contributed by atoms with Gasteiger partial charge in [-0.15, -0.1) is 0 Å². The number of benzene rings is 1. The fourth-order valence-corrected chi connectivity index (χ4v) is 2.96. The molecule has 1 heterocycles. The van der Waals surface area contributed by atoms with Gasteiger partial charge in [0.1, 0.15) is 11.3 Å². The maximum Gasteiger partial charge on any atom is 0.145 e. The molecule has 0 spiro atoms. The van der Waals surface area contributed by atoms with Crippen molar-refractivity contribution in [2.24, 2.45) is 0 Å². The van der Waals surface area contributed by atoms with E-state index >= 15 is 0 Å². The van der Waals surface area contributed by atoms with Gasteiger partial charge in [0.15, 0.2) is 0 Å². The Morgan fingerprint density at radius 3 is 2.17 bits per heavy atom. The van der Waals surface area contributed by atoms with Gasteiger partial charge in [0.25, 0.3) is 0 Å². The molecule has 0 aliphatic heterocycles. The third-order valence-electron chi connectivity index (χ3n) is 4.35. The Morgan fingerprint density at radius 1 is 0.783 bits per heavy atom. The minimum absolute atomic E-state index is 0.798. The molecule has 0 N–H and O–H groups in total. The van der Waals surface area contributed by atoms with Gasteiger partial charge in [-0.3, -0.25) is 4.98 Å². The highest BCUT2D eigenvalue weighted by Gasteiger charge is 2.02. The number of aromatic nitrogens is 1. The summed E-state index contributed by atoms with van der Waals surface area (Å²) in [4.78, 5) is 4.43. The molecule has 0 amide bonds. The monoisotopic (exact) mass is 313 g/mol. The summed E-state index contributed by atoms with van der Waals surface area (Å²) in [5, 5.41) is 1.15. The Morgan fingerprint density at radius 2 is 1.43 bits per heavy atom. The van der Waals surface area contributed by atoms with Crippen LogP contribution < -0.4 is 4.74 Å². The highest BCUT2D eigenvalue weighted by atomic mass is 16.5. The highest BCUT2D eigenvalue weighted by molar-refractivity contribution is 5.84. The molecule has 23 heavy (non-hydrogen) atoms. The maximum absolute atomic E-state index is 5.93. The van der Waals surface area contributed by atoms with Crippen LogP contribution in [0.15, 0.2) is 36.5 Å². The first-order valence-corrected chi connectivity index (χ1v) is 9.38. The molecule has 1 aromatic heterocycles. The van der Waals surface area contributed by atoms with Crippen LogP contribution in [0.1, 0.15) is 71.1 Å². The van der Waals surface area contributed by atoms with Gasteiger partial charge >= 0.3 is 0 Å². The minimum Gasteiger partial charge on any atom is -0.491 e. The number of pyridine rings is 1. The summed E-state index contributed by atoms with van der Waals surface area (Å²) >= 11 is 0. The molecule has 0 fully saturated rings. The summed E-state index contributed by atoms with van der Waals surface area (Å²) < 4.78 is 5.93. The minimum atomic E-state index is 0.798. The molecule has 2 nitrogen and oxygen atoms in total. The molecule has 0 saturated heterocycles. The summed E-state index contributed by atoms with van der Waals surface area (Å²) in [6.45, 7) is 3.07. The number of hydrogen-bond donors (Lipinski definition) is 0. The van der Waals surface area contributed by atoms with E-state index in [-0.39, 0.29) is 0 Å². The summed E-state index contributed by atoms with van der Waals surface area (Å²) in [6, 6.07) is 10.2. The molecule has 2 rings (SSSR count). The zero-order chi connectivity index (χ0) is 16.2. The van der Waals surface area contributed by atoms with Crippen molar-refractivity contribution in [3.63, 3.8) is 0 Å². The van der Waals surface area contributed by atoms with E-state index in [1.807, 2.05) is 24.4 Å². The van der Waals surface area contributed by atoms with Crippen LogP contribution in [0.5, 0.6) is 5.75 Å². The van der Waals surface area contributed by atoms with Gasteiger partial charge < -0.3 is 4.74 Å². The molecular weight excluding hydrogens is 282 g/mol. The smallest absolute Gasteiger partial charge is 0.145 e. The van der Waals surface area contributed by atoms with Crippen LogP contribution in [0.4, 0.5) is 0 Å². The molecule has 2 aromatic rings. The van der Waals surface area contributed by atoms with E-state index < -0.39 is 0 Å². The predicted octanol–water partition coefficient (Wildman–Crippen LogP) is 6.53. The van der Waals surface area contributed by atoms with Gasteiger partial charge in [0.2, 0.25) is 0 Å². The van der Waals surface area contributed by atoms with Crippen LogP contribution in [0, 0.1) is 0 Å². The highest BCUT2D eigenvalue weighted by Crippen LogP contribution is 2.23. The van der Waals surface area contributed by atoms with Gasteiger partial charge in [-0.25, -0.2) is 0 Å². The lowest BCUT2D eigenvalue weighted by molar-refractivity contribution is 0.307. The van der Waals surface area contributed by atoms with Gasteiger partial charge in [-0.2, -0.15) is 0 Å². The number of ether oxygens (including phenoxy) is 1. The average molecular weight is 313 g/mol. The van der Waals surface area contributed by atoms with E-state index in [1.165, 1.54) is 57.8 Å². The van der Waals surface area contributed by atoms with E-state index in [1.54, 1.807) is 0 Å². The van der Waals surface area contributed by atoms with Gasteiger partial charge in [-0.1, -0.05) is 82.9 Å². The molecule has 0 atom stereocenters. The third kappa shape index (κ3) is 6.60. The first-order chi connectivity index (χ1) is 11.4. The molecule has 0 aliphatic carbocycles. The Bertz CT molecular complexity index is 547. The van der Waals surface area contributed by atoms with Crippen molar-refractivity contribution in [1.29, 1.82) is 0 Å². The van der Waals surface area contributed by atoms with Crippen LogP contribution >= 0.6 is 0 Å². The molecule has 0 saturated carbocycles. The van der Waals surface area contributed by atoms with Gasteiger partial charge in [0, 0.05) is 11.6 Å². The predicted molar refractivity (Wildman–Crippen MR) is 99.1 cm³/mol. The quantitative estimate of drug-likeness (QED) is 0.415. The molecule has 0 bridgehead atoms. The van der Waals surface area contributed by atoms with Crippen molar-refractivity contribution in [2.45, 2.75) is 71.1 Å². The Kier molecular flexibility index (Phi) is 8.53. The van der Waals surface area contributed by atoms with Crippen LogP contribution in [0.25, 0.3) is 10.9 Å². The lowest BCUT2D eigenvalue weighted by Gasteiger charge is -2.08. The zero-order valence-electron chi connectivity index (χ0n) is 14.6.